The van der Waals surface area contributed by atoms with Crippen molar-refractivity contribution in [2.75, 3.05) is 37.9 Å². The Bertz CT molecular complexity index is 720. The second-order valence-corrected chi connectivity index (χ2v) is 5.94. The van der Waals surface area contributed by atoms with Crippen molar-refractivity contribution >= 4 is 11.8 Å². The molecule has 1 aromatic heterocycles. The summed E-state index contributed by atoms with van der Waals surface area (Å²) < 4.78 is 11.0. The van der Waals surface area contributed by atoms with Crippen LogP contribution >= 0.6 is 0 Å². The zero-order valence-corrected chi connectivity index (χ0v) is 14.5. The first kappa shape index (κ1) is 16.4. The molecule has 2 N–H and O–H groups in total. The molecule has 2 heterocycles. The molecule has 6 heteroatoms. The number of para-hydroxylation sites is 1. The van der Waals surface area contributed by atoms with Crippen molar-refractivity contribution in [2.24, 2.45) is 0 Å². The lowest BCUT2D eigenvalue weighted by Crippen LogP contribution is -2.22. The number of nitrogens with zero attached hydrogens (tertiary/aromatic N) is 3. The van der Waals surface area contributed by atoms with Gasteiger partial charge in [0, 0.05) is 36.3 Å². The predicted molar refractivity (Wildman–Crippen MR) is 94.9 cm³/mol. The van der Waals surface area contributed by atoms with E-state index < -0.39 is 0 Å². The van der Waals surface area contributed by atoms with E-state index in [1.165, 1.54) is 5.56 Å². The van der Waals surface area contributed by atoms with E-state index in [4.69, 9.17) is 15.2 Å². The van der Waals surface area contributed by atoms with Gasteiger partial charge in [-0.2, -0.15) is 4.98 Å². The van der Waals surface area contributed by atoms with Crippen LogP contribution in [-0.4, -0.2) is 37.3 Å². The van der Waals surface area contributed by atoms with Crippen molar-refractivity contribution in [3.05, 3.63) is 35.5 Å². The van der Waals surface area contributed by atoms with E-state index in [-0.39, 0.29) is 0 Å². The average Bonchev–Trinajstić information content (AvgIpc) is 3.10. The van der Waals surface area contributed by atoms with Crippen molar-refractivity contribution in [1.82, 2.24) is 9.97 Å². The van der Waals surface area contributed by atoms with Gasteiger partial charge in [-0.3, -0.25) is 0 Å². The van der Waals surface area contributed by atoms with Gasteiger partial charge in [0.2, 0.25) is 5.95 Å². The molecule has 1 aliphatic heterocycles. The Morgan fingerprint density at radius 2 is 2.12 bits per heavy atom. The third kappa shape index (κ3) is 2.96. The number of anilines is 2. The van der Waals surface area contributed by atoms with Gasteiger partial charge in [0.1, 0.15) is 5.82 Å². The van der Waals surface area contributed by atoms with Gasteiger partial charge in [0.25, 0.3) is 0 Å². The molecule has 128 valence electrons. The standard InChI is InChI=1S/C18H24N4O2/c1-4-12-10-20-18(19)21-17(12)22-9-8-13(11-22)14-6-5-7-15(23-2)16(14)24-3/h5-7,10,13H,4,8-9,11H2,1-3H3,(H2,19,20,21). The lowest BCUT2D eigenvalue weighted by atomic mass is 9.97. The number of nitrogens with two attached hydrogens (primary N) is 1. The second kappa shape index (κ2) is 6.95. The first-order valence-electron chi connectivity index (χ1n) is 8.25. The van der Waals surface area contributed by atoms with Crippen LogP contribution in [0.5, 0.6) is 11.5 Å². The van der Waals surface area contributed by atoms with Crippen molar-refractivity contribution in [3.8, 4) is 11.5 Å². The Balaban J connectivity index is 1.88. The van der Waals surface area contributed by atoms with E-state index in [1.807, 2.05) is 18.3 Å². The summed E-state index contributed by atoms with van der Waals surface area (Å²) in [4.78, 5) is 10.9. The van der Waals surface area contributed by atoms with Crippen LogP contribution in [0.3, 0.4) is 0 Å². The van der Waals surface area contributed by atoms with Crippen LogP contribution in [0.2, 0.25) is 0 Å². The summed E-state index contributed by atoms with van der Waals surface area (Å²) in [6.45, 7) is 3.93. The SMILES string of the molecule is CCc1cnc(N)nc1N1CCC(c2cccc(OC)c2OC)C1. The van der Waals surface area contributed by atoms with E-state index in [0.29, 0.717) is 11.9 Å². The zero-order valence-electron chi connectivity index (χ0n) is 14.5. The maximum atomic E-state index is 5.79. The molecule has 2 aromatic rings. The highest BCUT2D eigenvalue weighted by atomic mass is 16.5. The summed E-state index contributed by atoms with van der Waals surface area (Å²) >= 11 is 0. The van der Waals surface area contributed by atoms with E-state index in [9.17, 15) is 0 Å². The number of benzene rings is 1. The quantitative estimate of drug-likeness (QED) is 0.909. The van der Waals surface area contributed by atoms with Crippen molar-refractivity contribution < 1.29 is 9.47 Å². The van der Waals surface area contributed by atoms with E-state index in [1.54, 1.807) is 14.2 Å². The third-order valence-corrected chi connectivity index (χ3v) is 4.60. The van der Waals surface area contributed by atoms with Gasteiger partial charge in [-0.15, -0.1) is 0 Å². The van der Waals surface area contributed by atoms with Crippen LogP contribution in [0.25, 0.3) is 0 Å². The summed E-state index contributed by atoms with van der Waals surface area (Å²) in [6, 6.07) is 6.06. The Labute approximate surface area is 142 Å². The first-order chi connectivity index (χ1) is 11.7. The number of methoxy groups -OCH3 is 2. The third-order valence-electron chi connectivity index (χ3n) is 4.60. The monoisotopic (exact) mass is 328 g/mol. The highest BCUT2D eigenvalue weighted by Gasteiger charge is 2.29. The fourth-order valence-electron chi connectivity index (χ4n) is 3.37. The smallest absolute Gasteiger partial charge is 0.221 e. The first-order valence-corrected chi connectivity index (χ1v) is 8.25. The van der Waals surface area contributed by atoms with Gasteiger partial charge in [-0.1, -0.05) is 19.1 Å². The van der Waals surface area contributed by atoms with Gasteiger partial charge >= 0.3 is 0 Å². The Morgan fingerprint density at radius 1 is 1.29 bits per heavy atom. The highest BCUT2D eigenvalue weighted by Crippen LogP contribution is 2.40. The van der Waals surface area contributed by atoms with Gasteiger partial charge in [-0.05, 0) is 18.9 Å². The number of aryl methyl sites for hydroxylation is 1. The van der Waals surface area contributed by atoms with Gasteiger partial charge in [0.15, 0.2) is 11.5 Å². The fourth-order valence-corrected chi connectivity index (χ4v) is 3.37. The number of rotatable bonds is 5. The van der Waals surface area contributed by atoms with Crippen LogP contribution in [-0.2, 0) is 6.42 Å². The molecule has 1 saturated heterocycles. The average molecular weight is 328 g/mol. The van der Waals surface area contributed by atoms with Crippen molar-refractivity contribution in [1.29, 1.82) is 0 Å². The molecular formula is C18H24N4O2. The van der Waals surface area contributed by atoms with Crippen LogP contribution in [0.1, 0.15) is 30.4 Å². The molecule has 3 rings (SSSR count). The van der Waals surface area contributed by atoms with Gasteiger partial charge in [-0.25, -0.2) is 4.98 Å². The maximum absolute atomic E-state index is 5.79. The number of aromatic nitrogens is 2. The number of hydrogen-bond donors (Lipinski definition) is 1. The van der Waals surface area contributed by atoms with Crippen molar-refractivity contribution in [2.45, 2.75) is 25.7 Å². The lowest BCUT2D eigenvalue weighted by Gasteiger charge is -2.21. The summed E-state index contributed by atoms with van der Waals surface area (Å²) in [6.07, 6.45) is 3.76. The molecule has 6 nitrogen and oxygen atoms in total. The molecule has 0 amide bonds. The minimum Gasteiger partial charge on any atom is -0.493 e. The largest absolute Gasteiger partial charge is 0.493 e. The zero-order chi connectivity index (χ0) is 17.1. The molecule has 1 aliphatic rings. The predicted octanol–water partition coefficient (Wildman–Crippen LogP) is 2.63. The molecule has 1 fully saturated rings. The molecule has 0 aliphatic carbocycles. The van der Waals surface area contributed by atoms with Crippen LogP contribution in [0, 0.1) is 0 Å². The molecule has 0 radical (unpaired) electrons. The summed E-state index contributed by atoms with van der Waals surface area (Å²) in [7, 11) is 3.36. The summed E-state index contributed by atoms with van der Waals surface area (Å²) in [5, 5.41) is 0. The normalized spacial score (nSPS) is 17.1. The number of ether oxygens (including phenoxy) is 2. The lowest BCUT2D eigenvalue weighted by molar-refractivity contribution is 0.350. The molecule has 1 aromatic carbocycles. The van der Waals surface area contributed by atoms with E-state index >= 15 is 0 Å². The van der Waals surface area contributed by atoms with E-state index in [0.717, 1.165) is 48.8 Å². The summed E-state index contributed by atoms with van der Waals surface area (Å²) in [5.41, 5.74) is 8.10. The molecular weight excluding hydrogens is 304 g/mol. The van der Waals surface area contributed by atoms with Gasteiger partial charge in [0.05, 0.1) is 14.2 Å². The second-order valence-electron chi connectivity index (χ2n) is 5.94. The Kier molecular flexibility index (Phi) is 4.74. The van der Waals surface area contributed by atoms with Crippen LogP contribution in [0.15, 0.2) is 24.4 Å². The van der Waals surface area contributed by atoms with Crippen LogP contribution < -0.4 is 20.1 Å². The minimum atomic E-state index is 0.324. The summed E-state index contributed by atoms with van der Waals surface area (Å²) in [5.74, 6) is 3.24. The van der Waals surface area contributed by atoms with Crippen LogP contribution in [0.4, 0.5) is 11.8 Å². The molecule has 0 spiro atoms. The number of nitrogen functional groups attached to an aromatic ring is 1. The molecule has 1 unspecified atom stereocenters. The molecule has 24 heavy (non-hydrogen) atoms. The highest BCUT2D eigenvalue weighted by molar-refractivity contribution is 5.53. The fraction of sp³-hybridized carbons (Fsp3) is 0.444. The topological polar surface area (TPSA) is 73.5 Å². The van der Waals surface area contributed by atoms with Gasteiger partial charge < -0.3 is 20.1 Å². The molecule has 0 bridgehead atoms. The minimum absolute atomic E-state index is 0.324. The van der Waals surface area contributed by atoms with Crippen molar-refractivity contribution in [3.63, 3.8) is 0 Å². The maximum Gasteiger partial charge on any atom is 0.221 e. The Hall–Kier alpha value is -2.50. The van der Waals surface area contributed by atoms with E-state index in [2.05, 4.69) is 27.9 Å². The number of hydrogen-bond acceptors (Lipinski definition) is 6. The molecule has 1 atom stereocenters. The Morgan fingerprint density at radius 3 is 2.83 bits per heavy atom. The molecule has 0 saturated carbocycles.